The highest BCUT2D eigenvalue weighted by molar-refractivity contribution is 7.18. The third kappa shape index (κ3) is 2.58. The normalized spacial score (nSPS) is 10.8. The minimum absolute atomic E-state index is 0.532. The van der Waals surface area contributed by atoms with E-state index in [1.807, 2.05) is 30.3 Å². The highest BCUT2D eigenvalue weighted by Gasteiger charge is 2.09. The molecule has 3 rings (SSSR count). The molecule has 19 heavy (non-hydrogen) atoms. The van der Waals surface area contributed by atoms with Crippen molar-refractivity contribution in [3.63, 3.8) is 0 Å². The maximum Gasteiger partial charge on any atom is 0.225 e. The largest absolute Gasteiger partial charge is 0.472 e. The Kier molecular flexibility index (Phi) is 3.42. The highest BCUT2D eigenvalue weighted by atomic mass is 32.1. The van der Waals surface area contributed by atoms with Gasteiger partial charge < -0.3 is 4.74 Å². The lowest BCUT2D eigenvalue weighted by molar-refractivity contribution is 0.297. The van der Waals surface area contributed by atoms with E-state index in [-0.39, 0.29) is 0 Å². The Morgan fingerprint density at radius 2 is 2.00 bits per heavy atom. The number of hydrogen-bond donors (Lipinski definition) is 0. The van der Waals surface area contributed by atoms with Crippen LogP contribution in [0.25, 0.3) is 10.2 Å². The van der Waals surface area contributed by atoms with Crippen LogP contribution in [-0.4, -0.2) is 9.97 Å². The van der Waals surface area contributed by atoms with E-state index < -0.39 is 0 Å². The summed E-state index contributed by atoms with van der Waals surface area (Å²) < 4.78 is 5.82. The number of nitrogens with zero attached hydrogens (tertiary/aromatic N) is 2. The number of aromatic nitrogens is 2. The molecule has 0 bridgehead atoms. The van der Waals surface area contributed by atoms with Gasteiger partial charge in [0.05, 0.1) is 5.39 Å². The molecule has 2 aromatic heterocycles. The summed E-state index contributed by atoms with van der Waals surface area (Å²) in [5.74, 6) is 0.671. The minimum atomic E-state index is 0.532. The molecular formula is C15H14N2OS. The Morgan fingerprint density at radius 1 is 1.16 bits per heavy atom. The second kappa shape index (κ2) is 5.36. The van der Waals surface area contributed by atoms with Crippen molar-refractivity contribution in [3.05, 3.63) is 53.2 Å². The molecular weight excluding hydrogens is 256 g/mol. The van der Waals surface area contributed by atoms with Crippen molar-refractivity contribution >= 4 is 21.6 Å². The molecule has 0 saturated carbocycles. The molecule has 3 nitrogen and oxygen atoms in total. The lowest BCUT2D eigenvalue weighted by Crippen LogP contribution is -1.97. The van der Waals surface area contributed by atoms with Crippen molar-refractivity contribution in [2.24, 2.45) is 0 Å². The molecule has 0 spiro atoms. The predicted molar refractivity (Wildman–Crippen MR) is 77.6 cm³/mol. The number of fused-ring (bicyclic) bond motifs is 1. The molecule has 4 heteroatoms. The number of rotatable bonds is 4. The smallest absolute Gasteiger partial charge is 0.225 e. The summed E-state index contributed by atoms with van der Waals surface area (Å²) in [4.78, 5) is 10.8. The van der Waals surface area contributed by atoms with Gasteiger partial charge in [0.25, 0.3) is 0 Å². The summed E-state index contributed by atoms with van der Waals surface area (Å²) in [6.45, 7) is 2.67. The molecule has 3 aromatic rings. The quantitative estimate of drug-likeness (QED) is 0.722. The van der Waals surface area contributed by atoms with Gasteiger partial charge >= 0.3 is 0 Å². The molecule has 0 aliphatic heterocycles. The summed E-state index contributed by atoms with van der Waals surface area (Å²) in [6.07, 6.45) is 2.58. The van der Waals surface area contributed by atoms with Crippen molar-refractivity contribution in [2.45, 2.75) is 20.0 Å². The van der Waals surface area contributed by atoms with Crippen LogP contribution in [0.4, 0.5) is 0 Å². The number of benzene rings is 1. The molecule has 2 heterocycles. The lowest BCUT2D eigenvalue weighted by Gasteiger charge is -2.05. The predicted octanol–water partition coefficient (Wildman–Crippen LogP) is 3.83. The van der Waals surface area contributed by atoms with Crippen LogP contribution < -0.4 is 4.74 Å². The minimum Gasteiger partial charge on any atom is -0.472 e. The summed E-state index contributed by atoms with van der Waals surface area (Å²) in [5, 5.41) is 1.01. The van der Waals surface area contributed by atoms with Gasteiger partial charge in [-0.3, -0.25) is 0 Å². The van der Waals surface area contributed by atoms with E-state index >= 15 is 0 Å². The molecule has 0 aliphatic carbocycles. The highest BCUT2D eigenvalue weighted by Crippen LogP contribution is 2.30. The maximum atomic E-state index is 5.82. The van der Waals surface area contributed by atoms with Gasteiger partial charge in [-0.25, -0.2) is 9.97 Å². The Balaban J connectivity index is 1.86. The Labute approximate surface area is 115 Å². The van der Waals surface area contributed by atoms with Crippen molar-refractivity contribution in [3.8, 4) is 5.88 Å². The molecule has 0 amide bonds. The van der Waals surface area contributed by atoms with E-state index in [2.05, 4.69) is 23.0 Å². The van der Waals surface area contributed by atoms with E-state index in [9.17, 15) is 0 Å². The van der Waals surface area contributed by atoms with Crippen LogP contribution in [0.15, 0.2) is 42.7 Å². The van der Waals surface area contributed by atoms with Crippen LogP contribution in [0.3, 0.4) is 0 Å². The molecule has 96 valence electrons. The summed E-state index contributed by atoms with van der Waals surface area (Å²) >= 11 is 1.70. The monoisotopic (exact) mass is 270 g/mol. The topological polar surface area (TPSA) is 35.0 Å². The van der Waals surface area contributed by atoms with E-state index in [0.717, 1.165) is 22.2 Å². The fraction of sp³-hybridized carbons (Fsp3) is 0.200. The molecule has 0 saturated heterocycles. The maximum absolute atomic E-state index is 5.82. The van der Waals surface area contributed by atoms with Crippen molar-refractivity contribution in [1.82, 2.24) is 9.97 Å². The van der Waals surface area contributed by atoms with E-state index in [1.54, 1.807) is 17.7 Å². The van der Waals surface area contributed by atoms with E-state index in [0.29, 0.717) is 12.5 Å². The third-order valence-electron chi connectivity index (χ3n) is 2.91. The molecule has 0 fully saturated rings. The second-order valence-electron chi connectivity index (χ2n) is 4.24. The second-order valence-corrected chi connectivity index (χ2v) is 5.35. The average molecular weight is 270 g/mol. The van der Waals surface area contributed by atoms with Gasteiger partial charge in [-0.05, 0) is 18.1 Å². The van der Waals surface area contributed by atoms with Gasteiger partial charge in [-0.2, -0.15) is 0 Å². The number of hydrogen-bond acceptors (Lipinski definition) is 4. The fourth-order valence-corrected chi connectivity index (χ4v) is 2.82. The SMILES string of the molecule is CCc1cc2c(OCc3ccccc3)ncnc2s1. The summed E-state index contributed by atoms with van der Waals surface area (Å²) in [5.41, 5.74) is 1.14. The Bertz CT molecular complexity index is 679. The van der Waals surface area contributed by atoms with Crippen molar-refractivity contribution in [1.29, 1.82) is 0 Å². The molecule has 0 atom stereocenters. The third-order valence-corrected chi connectivity index (χ3v) is 4.10. The average Bonchev–Trinajstić information content (AvgIpc) is 2.90. The zero-order chi connectivity index (χ0) is 13.1. The van der Waals surface area contributed by atoms with Crippen molar-refractivity contribution in [2.75, 3.05) is 0 Å². The van der Waals surface area contributed by atoms with Crippen LogP contribution in [0.2, 0.25) is 0 Å². The van der Waals surface area contributed by atoms with Gasteiger partial charge in [-0.15, -0.1) is 11.3 Å². The summed E-state index contributed by atoms with van der Waals surface area (Å²) in [7, 11) is 0. The van der Waals surface area contributed by atoms with Gasteiger partial charge in [0, 0.05) is 4.88 Å². The molecule has 0 N–H and O–H groups in total. The molecule has 0 radical (unpaired) electrons. The first-order valence-electron chi connectivity index (χ1n) is 6.27. The number of thiophene rings is 1. The Morgan fingerprint density at radius 3 is 2.79 bits per heavy atom. The van der Waals surface area contributed by atoms with Gasteiger partial charge in [-0.1, -0.05) is 37.3 Å². The van der Waals surface area contributed by atoms with Crippen molar-refractivity contribution < 1.29 is 4.74 Å². The first-order chi connectivity index (χ1) is 9.36. The van der Waals surface area contributed by atoms with Crippen LogP contribution in [-0.2, 0) is 13.0 Å². The van der Waals surface area contributed by atoms with E-state index in [1.165, 1.54) is 4.88 Å². The first-order valence-corrected chi connectivity index (χ1v) is 7.08. The summed E-state index contributed by atoms with van der Waals surface area (Å²) in [6, 6.07) is 12.2. The van der Waals surface area contributed by atoms with Gasteiger partial charge in [0.1, 0.15) is 17.8 Å². The fourth-order valence-electron chi connectivity index (χ4n) is 1.90. The van der Waals surface area contributed by atoms with Crippen LogP contribution in [0, 0.1) is 0 Å². The van der Waals surface area contributed by atoms with Crippen LogP contribution in [0.5, 0.6) is 5.88 Å². The van der Waals surface area contributed by atoms with Gasteiger partial charge in [0.2, 0.25) is 5.88 Å². The van der Waals surface area contributed by atoms with Crippen LogP contribution >= 0.6 is 11.3 Å². The Hall–Kier alpha value is -1.94. The van der Waals surface area contributed by atoms with E-state index in [4.69, 9.17) is 4.74 Å². The molecule has 0 unspecified atom stereocenters. The van der Waals surface area contributed by atoms with Gasteiger partial charge in [0.15, 0.2) is 0 Å². The zero-order valence-corrected chi connectivity index (χ0v) is 11.5. The zero-order valence-electron chi connectivity index (χ0n) is 10.7. The number of aryl methyl sites for hydroxylation is 1. The standard InChI is InChI=1S/C15H14N2OS/c1-2-12-8-13-14(16-10-17-15(13)19-12)18-9-11-6-4-3-5-7-11/h3-8,10H,2,9H2,1H3. The number of ether oxygens (including phenoxy) is 1. The molecule has 0 aliphatic rings. The first kappa shape index (κ1) is 12.1. The lowest BCUT2D eigenvalue weighted by atomic mass is 10.2. The molecule has 1 aromatic carbocycles. The van der Waals surface area contributed by atoms with Crippen LogP contribution in [0.1, 0.15) is 17.4 Å².